The van der Waals surface area contributed by atoms with Crippen molar-refractivity contribution < 1.29 is 33.7 Å². The van der Waals surface area contributed by atoms with Gasteiger partial charge in [0.25, 0.3) is 5.91 Å². The highest BCUT2D eigenvalue weighted by atomic mass is 16.7. The van der Waals surface area contributed by atoms with Gasteiger partial charge in [0.05, 0.1) is 30.0 Å². The smallest absolute Gasteiger partial charge is 0.337 e. The van der Waals surface area contributed by atoms with Crippen molar-refractivity contribution >= 4 is 17.7 Å². The van der Waals surface area contributed by atoms with Crippen molar-refractivity contribution in [2.24, 2.45) is 0 Å². The molecular formula is C31H31N3O7. The van der Waals surface area contributed by atoms with E-state index in [1.807, 2.05) is 21.6 Å². The van der Waals surface area contributed by atoms with Crippen LogP contribution in [0.1, 0.15) is 44.0 Å². The highest BCUT2D eigenvalue weighted by Crippen LogP contribution is 2.42. The lowest BCUT2D eigenvalue weighted by atomic mass is 9.92. The highest BCUT2D eigenvalue weighted by molar-refractivity contribution is 6.03. The van der Waals surface area contributed by atoms with E-state index < -0.39 is 5.97 Å². The fourth-order valence-electron chi connectivity index (χ4n) is 6.51. The lowest BCUT2D eigenvalue weighted by Crippen LogP contribution is -2.52. The molecule has 10 nitrogen and oxygen atoms in total. The number of ether oxygens (including phenoxy) is 3. The molecule has 10 heteroatoms. The molecule has 1 amide bonds. The van der Waals surface area contributed by atoms with Gasteiger partial charge in [-0.1, -0.05) is 24.3 Å². The number of benzene rings is 2. The number of aromatic nitrogens is 1. The number of hydrogen-bond donors (Lipinski definition) is 1. The van der Waals surface area contributed by atoms with Gasteiger partial charge in [-0.05, 0) is 35.7 Å². The number of carboxylic acids is 1. The van der Waals surface area contributed by atoms with Gasteiger partial charge in [-0.2, -0.15) is 0 Å². The third kappa shape index (κ3) is 4.66. The number of amides is 1. The summed E-state index contributed by atoms with van der Waals surface area (Å²) in [6, 6.07) is 13.3. The zero-order chi connectivity index (χ0) is 28.1. The summed E-state index contributed by atoms with van der Waals surface area (Å²) in [6.07, 6.45) is 1.11. The van der Waals surface area contributed by atoms with Gasteiger partial charge in [0.15, 0.2) is 11.5 Å². The molecule has 0 saturated carbocycles. The fraction of sp³-hybridized carbons (Fsp3) is 0.387. The van der Waals surface area contributed by atoms with Crippen molar-refractivity contribution in [2.45, 2.75) is 38.4 Å². The van der Waals surface area contributed by atoms with Crippen molar-refractivity contribution in [3.8, 4) is 22.8 Å². The number of carboxylic acid groups (broad SMARTS) is 1. The summed E-state index contributed by atoms with van der Waals surface area (Å²) in [5, 5.41) is 9.95. The maximum absolute atomic E-state index is 14.6. The summed E-state index contributed by atoms with van der Waals surface area (Å²) >= 11 is 0. The summed E-state index contributed by atoms with van der Waals surface area (Å²) < 4.78 is 18.8. The second-order valence-electron chi connectivity index (χ2n) is 11.0. The van der Waals surface area contributed by atoms with E-state index in [1.54, 1.807) is 18.2 Å². The molecule has 0 radical (unpaired) electrons. The average molecular weight is 558 g/mol. The molecule has 0 spiro atoms. The second-order valence-corrected chi connectivity index (χ2v) is 11.0. The summed E-state index contributed by atoms with van der Waals surface area (Å²) in [4.78, 5) is 43.4. The Kier molecular flexibility index (Phi) is 6.51. The van der Waals surface area contributed by atoms with Crippen molar-refractivity contribution in [1.29, 1.82) is 0 Å². The topological polar surface area (TPSA) is 111 Å². The van der Waals surface area contributed by atoms with Crippen molar-refractivity contribution in [1.82, 2.24) is 14.4 Å². The molecule has 0 aliphatic carbocycles. The predicted octanol–water partition coefficient (Wildman–Crippen LogP) is 3.00. The van der Waals surface area contributed by atoms with Crippen LogP contribution in [0.3, 0.4) is 0 Å². The van der Waals surface area contributed by atoms with E-state index >= 15 is 0 Å². The van der Waals surface area contributed by atoms with Crippen LogP contribution in [0.5, 0.6) is 11.5 Å². The Bertz CT molecular complexity index is 1560. The van der Waals surface area contributed by atoms with E-state index in [0.717, 1.165) is 31.6 Å². The third-order valence-corrected chi connectivity index (χ3v) is 8.63. The van der Waals surface area contributed by atoms with E-state index in [-0.39, 0.29) is 36.5 Å². The van der Waals surface area contributed by atoms with Crippen LogP contribution in [0.15, 0.2) is 42.5 Å². The lowest BCUT2D eigenvalue weighted by Gasteiger charge is -2.40. The number of hydrogen-bond acceptors (Lipinski definition) is 7. The van der Waals surface area contributed by atoms with Gasteiger partial charge in [0.1, 0.15) is 5.78 Å². The number of rotatable bonds is 5. The Balaban J connectivity index is 1.33. The minimum absolute atomic E-state index is 0.00423. The molecule has 4 aliphatic heterocycles. The zero-order valence-electron chi connectivity index (χ0n) is 22.6. The van der Waals surface area contributed by atoms with Crippen LogP contribution in [-0.4, -0.2) is 82.8 Å². The van der Waals surface area contributed by atoms with E-state index in [1.165, 1.54) is 5.56 Å². The minimum atomic E-state index is -1.10. The molecular weight excluding hydrogens is 526 g/mol. The van der Waals surface area contributed by atoms with Crippen LogP contribution >= 0.6 is 0 Å². The van der Waals surface area contributed by atoms with Gasteiger partial charge in [-0.3, -0.25) is 14.5 Å². The zero-order valence-corrected chi connectivity index (χ0v) is 22.6. The first kappa shape index (κ1) is 25.8. The number of morpholine rings is 1. The minimum Gasteiger partial charge on any atom is -0.478 e. The van der Waals surface area contributed by atoms with E-state index in [9.17, 15) is 19.5 Å². The van der Waals surface area contributed by atoms with Crippen LogP contribution in [-0.2, 0) is 35.5 Å². The molecule has 2 aromatic carbocycles. The second kappa shape index (κ2) is 10.4. The number of carbonyl (C=O) groups is 3. The van der Waals surface area contributed by atoms with Gasteiger partial charge in [-0.15, -0.1) is 0 Å². The number of fused-ring (bicyclic) bond motifs is 3. The van der Waals surface area contributed by atoms with Gasteiger partial charge >= 0.3 is 5.97 Å². The van der Waals surface area contributed by atoms with Crippen molar-refractivity contribution in [2.75, 3.05) is 39.6 Å². The van der Waals surface area contributed by atoms with Crippen LogP contribution in [0.25, 0.3) is 11.3 Å². The maximum Gasteiger partial charge on any atom is 0.337 e. The molecule has 7 rings (SSSR count). The number of carbonyl (C=O) groups excluding carboxylic acids is 2. The molecule has 1 saturated heterocycles. The highest BCUT2D eigenvalue weighted by Gasteiger charge is 2.35. The Morgan fingerprint density at radius 1 is 0.951 bits per heavy atom. The van der Waals surface area contributed by atoms with Gasteiger partial charge in [-0.25, -0.2) is 4.79 Å². The number of Topliss-reactive ketones (excluding diaryl/α,β-unsaturated/α-hetero) is 1. The Morgan fingerprint density at radius 2 is 1.71 bits per heavy atom. The Labute approximate surface area is 237 Å². The first-order valence-electron chi connectivity index (χ1n) is 14.1. The summed E-state index contributed by atoms with van der Waals surface area (Å²) in [5.74, 6) is -0.250. The lowest BCUT2D eigenvalue weighted by molar-refractivity contribution is -0.119. The van der Waals surface area contributed by atoms with Crippen LogP contribution in [0, 0.1) is 0 Å². The molecule has 1 N–H and O–H groups in total. The molecule has 0 bridgehead atoms. The Hall–Kier alpha value is -4.15. The average Bonchev–Trinajstić information content (AvgIpc) is 3.60. The van der Waals surface area contributed by atoms with Gasteiger partial charge in [0, 0.05) is 62.9 Å². The Morgan fingerprint density at radius 3 is 2.49 bits per heavy atom. The SMILES string of the molecule is O=C1CCn2c(-c3cc4c(cc3C(=O)N3Cc5ccccc5C[C@H]3CN3CCOCC3)OCO4)cc(C(=O)O)c2C1. The number of nitrogens with zero attached hydrogens (tertiary/aromatic N) is 3. The van der Waals surface area contributed by atoms with E-state index in [0.29, 0.717) is 66.7 Å². The largest absolute Gasteiger partial charge is 0.478 e. The molecule has 0 unspecified atom stereocenters. The van der Waals surface area contributed by atoms with Gasteiger partial charge < -0.3 is 28.8 Å². The molecule has 3 aromatic rings. The third-order valence-electron chi connectivity index (χ3n) is 8.63. The van der Waals surface area contributed by atoms with Crippen LogP contribution < -0.4 is 9.47 Å². The van der Waals surface area contributed by atoms with E-state index in [4.69, 9.17) is 14.2 Å². The summed E-state index contributed by atoms with van der Waals surface area (Å²) in [6.45, 7) is 4.60. The molecule has 1 atom stereocenters. The monoisotopic (exact) mass is 557 g/mol. The quantitative estimate of drug-likeness (QED) is 0.510. The molecule has 5 heterocycles. The number of aromatic carboxylic acids is 1. The maximum atomic E-state index is 14.6. The normalized spacial score (nSPS) is 20.0. The molecule has 41 heavy (non-hydrogen) atoms. The van der Waals surface area contributed by atoms with Crippen molar-refractivity contribution in [3.05, 3.63) is 70.4 Å². The van der Waals surface area contributed by atoms with Crippen molar-refractivity contribution in [3.63, 3.8) is 0 Å². The molecule has 1 aromatic heterocycles. The summed E-state index contributed by atoms with van der Waals surface area (Å²) in [5.41, 5.74) is 4.51. The van der Waals surface area contributed by atoms with Gasteiger partial charge in [0.2, 0.25) is 6.79 Å². The van der Waals surface area contributed by atoms with E-state index in [2.05, 4.69) is 17.0 Å². The van der Waals surface area contributed by atoms with Crippen LogP contribution in [0.2, 0.25) is 0 Å². The number of ketones is 1. The van der Waals surface area contributed by atoms with Crippen LogP contribution in [0.4, 0.5) is 0 Å². The molecule has 212 valence electrons. The fourth-order valence-corrected chi connectivity index (χ4v) is 6.51. The predicted molar refractivity (Wildman–Crippen MR) is 147 cm³/mol. The first-order chi connectivity index (χ1) is 20.0. The standard InChI is InChI=1S/C31H31N3O7/c35-22-5-6-33-26(12-22)25(31(37)38)13-27(33)23-14-28-29(41-18-40-28)15-24(23)30(36)34-16-20-4-2-1-3-19(20)11-21(34)17-32-7-9-39-10-8-32/h1-4,13-15,21H,5-12,16-18H2,(H,37,38)/t21-/m0/s1. The molecule has 4 aliphatic rings. The summed E-state index contributed by atoms with van der Waals surface area (Å²) in [7, 11) is 0. The first-order valence-corrected chi connectivity index (χ1v) is 14.1. The molecule has 1 fully saturated rings.